The third-order valence-corrected chi connectivity index (χ3v) is 6.19. The average molecular weight is 379 g/mol. The number of piperazine rings is 1. The van der Waals surface area contributed by atoms with Gasteiger partial charge in [-0.25, -0.2) is 17.8 Å². The predicted molar refractivity (Wildman–Crippen MR) is 98.3 cm³/mol. The van der Waals surface area contributed by atoms with Crippen LogP contribution in [0, 0.1) is 5.82 Å². The van der Waals surface area contributed by atoms with Gasteiger partial charge in [0, 0.05) is 32.4 Å². The minimum atomic E-state index is -3.30. The van der Waals surface area contributed by atoms with Crippen molar-refractivity contribution >= 4 is 15.8 Å². The highest BCUT2D eigenvalue weighted by Crippen LogP contribution is 2.16. The van der Waals surface area contributed by atoms with Gasteiger partial charge in [0.1, 0.15) is 17.4 Å². The molecule has 1 aromatic carbocycles. The summed E-state index contributed by atoms with van der Waals surface area (Å²) in [5.74, 6) is 1.12. The number of hydrogen-bond donors (Lipinski definition) is 0. The lowest BCUT2D eigenvalue weighted by Crippen LogP contribution is -2.49. The fourth-order valence-electron chi connectivity index (χ4n) is 2.83. The van der Waals surface area contributed by atoms with Gasteiger partial charge in [-0.15, -0.1) is 0 Å². The van der Waals surface area contributed by atoms with Crippen molar-refractivity contribution in [3.05, 3.63) is 54.5 Å². The van der Waals surface area contributed by atoms with Crippen LogP contribution in [0.4, 0.5) is 10.2 Å². The number of benzene rings is 1. The smallest absolute Gasteiger partial charge is 0.214 e. The molecule has 1 fully saturated rings. The molecule has 0 N–H and O–H groups in total. The third kappa shape index (κ3) is 4.92. The van der Waals surface area contributed by atoms with Crippen molar-refractivity contribution in [2.45, 2.75) is 6.42 Å². The summed E-state index contributed by atoms with van der Waals surface area (Å²) in [6.45, 7) is 2.44. The molecule has 1 saturated heterocycles. The molecule has 0 aliphatic carbocycles. The van der Waals surface area contributed by atoms with Gasteiger partial charge in [0.25, 0.3) is 0 Å². The Kier molecular flexibility index (Phi) is 6.05. The molecule has 0 radical (unpaired) electrons. The maximum atomic E-state index is 12.8. The van der Waals surface area contributed by atoms with Crippen LogP contribution >= 0.6 is 0 Å². The average Bonchev–Trinajstić information content (AvgIpc) is 2.67. The molecule has 6 nitrogen and oxygen atoms in total. The molecule has 0 bridgehead atoms. The molecule has 2 heterocycles. The zero-order valence-electron chi connectivity index (χ0n) is 14.4. The maximum absolute atomic E-state index is 12.8. The van der Waals surface area contributed by atoms with Crippen molar-refractivity contribution in [3.8, 4) is 5.75 Å². The second-order valence-electron chi connectivity index (χ2n) is 6.05. The summed E-state index contributed by atoms with van der Waals surface area (Å²) in [6, 6.07) is 11.4. The molecule has 8 heteroatoms. The molecule has 2 aromatic rings. The SMILES string of the molecule is O=S(=O)(CCCOc1ccc(F)cc1)N1CCN(c2ccccn2)CC1. The molecule has 0 spiro atoms. The van der Waals surface area contributed by atoms with Gasteiger partial charge in [-0.2, -0.15) is 4.31 Å². The monoisotopic (exact) mass is 379 g/mol. The van der Waals surface area contributed by atoms with Gasteiger partial charge < -0.3 is 9.64 Å². The molecule has 0 atom stereocenters. The van der Waals surface area contributed by atoms with Crippen molar-refractivity contribution in [1.82, 2.24) is 9.29 Å². The zero-order valence-corrected chi connectivity index (χ0v) is 15.2. The molecule has 0 amide bonds. The number of sulfonamides is 1. The fraction of sp³-hybridized carbons (Fsp3) is 0.389. The van der Waals surface area contributed by atoms with Crippen LogP contribution < -0.4 is 9.64 Å². The van der Waals surface area contributed by atoms with Crippen molar-refractivity contribution < 1.29 is 17.5 Å². The molecule has 3 rings (SSSR count). The van der Waals surface area contributed by atoms with E-state index in [1.165, 1.54) is 28.6 Å². The molecule has 26 heavy (non-hydrogen) atoms. The van der Waals surface area contributed by atoms with Crippen LogP contribution in [-0.4, -0.2) is 56.2 Å². The Morgan fingerprint density at radius 1 is 1.04 bits per heavy atom. The zero-order chi connectivity index (χ0) is 18.4. The number of ether oxygens (including phenoxy) is 1. The molecule has 0 unspecified atom stereocenters. The van der Waals surface area contributed by atoms with Gasteiger partial charge in [-0.3, -0.25) is 0 Å². The molecular weight excluding hydrogens is 357 g/mol. The molecule has 1 aliphatic rings. The van der Waals surface area contributed by atoms with Crippen molar-refractivity contribution in [2.24, 2.45) is 0 Å². The van der Waals surface area contributed by atoms with E-state index in [4.69, 9.17) is 4.74 Å². The Balaban J connectivity index is 1.43. The van der Waals surface area contributed by atoms with E-state index in [2.05, 4.69) is 9.88 Å². The third-order valence-electron chi connectivity index (χ3n) is 4.23. The first-order chi connectivity index (χ1) is 12.5. The quantitative estimate of drug-likeness (QED) is 0.690. The van der Waals surface area contributed by atoms with Crippen LogP contribution in [0.1, 0.15) is 6.42 Å². The van der Waals surface area contributed by atoms with E-state index in [0.717, 1.165) is 5.82 Å². The van der Waals surface area contributed by atoms with Gasteiger partial charge >= 0.3 is 0 Å². The number of pyridine rings is 1. The van der Waals surface area contributed by atoms with Gasteiger partial charge in [0.15, 0.2) is 0 Å². The Hall–Kier alpha value is -2.19. The van der Waals surface area contributed by atoms with Gasteiger partial charge in [-0.1, -0.05) is 6.07 Å². The maximum Gasteiger partial charge on any atom is 0.214 e. The molecule has 140 valence electrons. The summed E-state index contributed by atoms with van der Waals surface area (Å²) < 4.78 is 44.8. The highest BCUT2D eigenvalue weighted by molar-refractivity contribution is 7.89. The van der Waals surface area contributed by atoms with E-state index in [-0.39, 0.29) is 18.2 Å². The lowest BCUT2D eigenvalue weighted by Gasteiger charge is -2.34. The van der Waals surface area contributed by atoms with E-state index in [0.29, 0.717) is 38.3 Å². The second-order valence-corrected chi connectivity index (χ2v) is 8.13. The Morgan fingerprint density at radius 2 is 1.77 bits per heavy atom. The van der Waals surface area contributed by atoms with Crippen LogP contribution in [0.25, 0.3) is 0 Å². The number of aromatic nitrogens is 1. The standard InChI is InChI=1S/C18H22FN3O3S/c19-16-5-7-17(8-6-16)25-14-3-15-26(23,24)22-12-10-21(11-13-22)18-4-1-2-9-20-18/h1-2,4-9H,3,10-15H2. The Bertz CT molecular complexity index is 792. The van der Waals surface area contributed by atoms with Crippen LogP contribution in [0.2, 0.25) is 0 Å². The van der Waals surface area contributed by atoms with Crippen molar-refractivity contribution in [3.63, 3.8) is 0 Å². The van der Waals surface area contributed by atoms with E-state index < -0.39 is 10.0 Å². The summed E-state index contributed by atoms with van der Waals surface area (Å²) >= 11 is 0. The van der Waals surface area contributed by atoms with Gasteiger partial charge in [0.05, 0.1) is 12.4 Å². The summed E-state index contributed by atoms with van der Waals surface area (Å²) in [5, 5.41) is 0. The minimum absolute atomic E-state index is 0.0395. The van der Waals surface area contributed by atoms with Crippen molar-refractivity contribution in [1.29, 1.82) is 0 Å². The highest BCUT2D eigenvalue weighted by Gasteiger charge is 2.26. The number of halogens is 1. The highest BCUT2D eigenvalue weighted by atomic mass is 32.2. The molecular formula is C18H22FN3O3S. The van der Waals surface area contributed by atoms with E-state index in [1.54, 1.807) is 6.20 Å². The molecule has 1 aliphatic heterocycles. The second kappa shape index (κ2) is 8.46. The predicted octanol–water partition coefficient (Wildman–Crippen LogP) is 2.14. The number of nitrogens with zero attached hydrogens (tertiary/aromatic N) is 3. The minimum Gasteiger partial charge on any atom is -0.494 e. The number of rotatable bonds is 7. The normalized spacial score (nSPS) is 15.8. The fourth-order valence-corrected chi connectivity index (χ4v) is 4.29. The van der Waals surface area contributed by atoms with E-state index >= 15 is 0 Å². The van der Waals surface area contributed by atoms with Crippen LogP contribution in [0.3, 0.4) is 0 Å². The Labute approximate surface area is 153 Å². The van der Waals surface area contributed by atoms with E-state index in [1.807, 2.05) is 18.2 Å². The van der Waals surface area contributed by atoms with Crippen molar-refractivity contribution in [2.75, 3.05) is 43.4 Å². The first-order valence-electron chi connectivity index (χ1n) is 8.57. The van der Waals surface area contributed by atoms with Crippen LogP contribution in [0.5, 0.6) is 5.75 Å². The van der Waals surface area contributed by atoms with Crippen LogP contribution in [0.15, 0.2) is 48.7 Å². The largest absolute Gasteiger partial charge is 0.494 e. The first kappa shape index (κ1) is 18.6. The number of hydrogen-bond acceptors (Lipinski definition) is 5. The topological polar surface area (TPSA) is 62.7 Å². The van der Waals surface area contributed by atoms with Gasteiger partial charge in [0.2, 0.25) is 10.0 Å². The first-order valence-corrected chi connectivity index (χ1v) is 10.2. The van der Waals surface area contributed by atoms with Gasteiger partial charge in [-0.05, 0) is 42.8 Å². The summed E-state index contributed by atoms with van der Waals surface area (Å²) in [6.07, 6.45) is 2.12. The summed E-state index contributed by atoms with van der Waals surface area (Å²) in [4.78, 5) is 6.39. The molecule has 0 saturated carbocycles. The number of anilines is 1. The molecule has 1 aromatic heterocycles. The lowest BCUT2D eigenvalue weighted by molar-refractivity contribution is 0.314. The summed E-state index contributed by atoms with van der Waals surface area (Å²) in [5.41, 5.74) is 0. The Morgan fingerprint density at radius 3 is 2.42 bits per heavy atom. The van der Waals surface area contributed by atoms with Crippen LogP contribution in [-0.2, 0) is 10.0 Å². The lowest BCUT2D eigenvalue weighted by atomic mass is 10.3. The van der Waals surface area contributed by atoms with E-state index in [9.17, 15) is 12.8 Å². The summed E-state index contributed by atoms with van der Waals surface area (Å²) in [7, 11) is -3.30.